The maximum atomic E-state index is 11.6. The van der Waals surface area contributed by atoms with E-state index < -0.39 is 0 Å². The molecular weight excluding hydrogens is 204 g/mol. The Labute approximate surface area is 98.5 Å². The number of piperidine rings is 1. The fourth-order valence-electron chi connectivity index (χ4n) is 2.25. The summed E-state index contributed by atoms with van der Waals surface area (Å²) in [5.41, 5.74) is 0. The molecule has 1 aliphatic heterocycles. The lowest BCUT2D eigenvalue weighted by Gasteiger charge is -2.33. The number of hydrogen-bond donors (Lipinski definition) is 0. The van der Waals surface area contributed by atoms with Crippen LogP contribution >= 0.6 is 0 Å². The molecule has 0 N–H and O–H groups in total. The predicted molar refractivity (Wildman–Crippen MR) is 64.4 cm³/mol. The summed E-state index contributed by atoms with van der Waals surface area (Å²) in [6.45, 7) is 3.11. The minimum Gasteiger partial charge on any atom is -0.468 e. The van der Waals surface area contributed by atoms with Gasteiger partial charge in [-0.1, -0.05) is 6.42 Å². The van der Waals surface area contributed by atoms with Crippen LogP contribution in [0.15, 0.2) is 0 Å². The lowest BCUT2D eigenvalue weighted by molar-refractivity contribution is -0.148. The molecule has 0 aromatic rings. The van der Waals surface area contributed by atoms with Crippen molar-refractivity contribution >= 4 is 5.97 Å². The first-order valence-electron chi connectivity index (χ1n) is 6.11. The maximum absolute atomic E-state index is 11.6. The summed E-state index contributed by atoms with van der Waals surface area (Å²) in [5.74, 6) is -0.0652. The molecule has 0 aliphatic carbocycles. The fraction of sp³-hybridized carbons (Fsp3) is 0.917. The third-order valence-electron chi connectivity index (χ3n) is 3.14. The molecule has 0 unspecified atom stereocenters. The number of carbonyl (C=O) groups is 1. The fourth-order valence-corrected chi connectivity index (χ4v) is 2.25. The van der Waals surface area contributed by atoms with E-state index in [-0.39, 0.29) is 12.0 Å². The lowest BCUT2D eigenvalue weighted by atomic mass is 10.0. The smallest absolute Gasteiger partial charge is 0.323 e. The van der Waals surface area contributed by atoms with Crippen molar-refractivity contribution < 1.29 is 9.53 Å². The van der Waals surface area contributed by atoms with E-state index in [0.29, 0.717) is 0 Å². The van der Waals surface area contributed by atoms with Crippen LogP contribution in [0, 0.1) is 0 Å². The van der Waals surface area contributed by atoms with Crippen LogP contribution < -0.4 is 0 Å². The molecule has 16 heavy (non-hydrogen) atoms. The number of hydrogen-bond acceptors (Lipinski definition) is 4. The van der Waals surface area contributed by atoms with E-state index in [1.54, 1.807) is 0 Å². The molecule has 94 valence electrons. The van der Waals surface area contributed by atoms with Crippen molar-refractivity contribution in [1.82, 2.24) is 9.80 Å². The number of esters is 1. The van der Waals surface area contributed by atoms with Gasteiger partial charge in [0.2, 0.25) is 0 Å². The van der Waals surface area contributed by atoms with E-state index >= 15 is 0 Å². The Morgan fingerprint density at radius 2 is 2.19 bits per heavy atom. The highest BCUT2D eigenvalue weighted by Gasteiger charge is 2.28. The topological polar surface area (TPSA) is 32.8 Å². The number of ether oxygens (including phenoxy) is 1. The molecule has 1 fully saturated rings. The first-order valence-corrected chi connectivity index (χ1v) is 6.11. The molecular formula is C12H24N2O2. The summed E-state index contributed by atoms with van der Waals surface area (Å²) in [4.78, 5) is 16.1. The molecule has 1 heterocycles. The normalized spacial score (nSPS) is 22.4. The van der Waals surface area contributed by atoms with Crippen LogP contribution in [0.4, 0.5) is 0 Å². The van der Waals surface area contributed by atoms with Gasteiger partial charge in [-0.05, 0) is 46.4 Å². The van der Waals surface area contributed by atoms with Gasteiger partial charge in [0.05, 0.1) is 7.11 Å². The largest absolute Gasteiger partial charge is 0.468 e. The summed E-state index contributed by atoms with van der Waals surface area (Å²) in [5, 5.41) is 0. The third kappa shape index (κ3) is 4.10. The van der Waals surface area contributed by atoms with Crippen molar-refractivity contribution in [1.29, 1.82) is 0 Å². The number of nitrogens with zero attached hydrogens (tertiary/aromatic N) is 2. The van der Waals surface area contributed by atoms with Gasteiger partial charge in [0.25, 0.3) is 0 Å². The average Bonchev–Trinajstić information content (AvgIpc) is 2.28. The Balaban J connectivity index is 2.38. The maximum Gasteiger partial charge on any atom is 0.323 e. The minimum absolute atomic E-state index is 0.000845. The Hall–Kier alpha value is -0.610. The number of likely N-dealkylation sites (tertiary alicyclic amines) is 1. The first kappa shape index (κ1) is 13.5. The zero-order valence-corrected chi connectivity index (χ0v) is 10.7. The number of methoxy groups -OCH3 is 1. The molecule has 4 nitrogen and oxygen atoms in total. The lowest BCUT2D eigenvalue weighted by Crippen LogP contribution is -2.46. The van der Waals surface area contributed by atoms with Gasteiger partial charge in [0, 0.05) is 6.54 Å². The molecule has 0 bridgehead atoms. The highest BCUT2D eigenvalue weighted by atomic mass is 16.5. The summed E-state index contributed by atoms with van der Waals surface area (Å²) >= 11 is 0. The summed E-state index contributed by atoms with van der Waals surface area (Å²) < 4.78 is 4.86. The summed E-state index contributed by atoms with van der Waals surface area (Å²) in [7, 11) is 5.64. The van der Waals surface area contributed by atoms with Crippen LogP contribution in [-0.2, 0) is 9.53 Å². The second-order valence-electron chi connectivity index (χ2n) is 4.73. The molecule has 0 saturated carbocycles. The van der Waals surface area contributed by atoms with Crippen molar-refractivity contribution in [3.8, 4) is 0 Å². The van der Waals surface area contributed by atoms with Crippen LogP contribution in [0.5, 0.6) is 0 Å². The Morgan fingerprint density at radius 1 is 1.44 bits per heavy atom. The Morgan fingerprint density at radius 3 is 2.81 bits per heavy atom. The molecule has 0 amide bonds. The Kier molecular flexibility index (Phi) is 5.77. The Bertz CT molecular complexity index is 219. The molecule has 1 rings (SSSR count). The van der Waals surface area contributed by atoms with Gasteiger partial charge in [-0.3, -0.25) is 9.69 Å². The molecule has 0 aromatic heterocycles. The van der Waals surface area contributed by atoms with Gasteiger partial charge in [-0.25, -0.2) is 0 Å². The van der Waals surface area contributed by atoms with Crippen LogP contribution in [0.2, 0.25) is 0 Å². The zero-order valence-electron chi connectivity index (χ0n) is 10.7. The third-order valence-corrected chi connectivity index (χ3v) is 3.14. The van der Waals surface area contributed by atoms with Crippen LogP contribution in [0.25, 0.3) is 0 Å². The second kappa shape index (κ2) is 6.86. The van der Waals surface area contributed by atoms with E-state index in [4.69, 9.17) is 4.74 Å². The average molecular weight is 228 g/mol. The summed E-state index contributed by atoms with van der Waals surface area (Å²) in [6.07, 6.45) is 4.41. The monoisotopic (exact) mass is 228 g/mol. The minimum atomic E-state index is -0.0652. The van der Waals surface area contributed by atoms with E-state index in [1.165, 1.54) is 13.5 Å². The summed E-state index contributed by atoms with van der Waals surface area (Å²) in [6, 6.07) is 0.000845. The predicted octanol–water partition coefficient (Wildman–Crippen LogP) is 0.966. The molecule has 0 spiro atoms. The zero-order chi connectivity index (χ0) is 12.0. The molecule has 1 saturated heterocycles. The van der Waals surface area contributed by atoms with Gasteiger partial charge < -0.3 is 9.64 Å². The number of rotatable bonds is 5. The standard InChI is InChI=1S/C12H24N2O2/c1-13(2)8-6-10-14-9-5-4-7-11(14)12(15)16-3/h11H,4-10H2,1-3H3/t11-/m1/s1. The molecule has 4 heteroatoms. The van der Waals surface area contributed by atoms with Gasteiger partial charge in [-0.2, -0.15) is 0 Å². The van der Waals surface area contributed by atoms with Crippen LogP contribution in [0.1, 0.15) is 25.7 Å². The van der Waals surface area contributed by atoms with Crippen molar-refractivity contribution in [2.24, 2.45) is 0 Å². The number of carbonyl (C=O) groups excluding carboxylic acids is 1. The van der Waals surface area contributed by atoms with Gasteiger partial charge in [0.1, 0.15) is 6.04 Å². The van der Waals surface area contributed by atoms with E-state index in [2.05, 4.69) is 23.9 Å². The van der Waals surface area contributed by atoms with Gasteiger partial charge >= 0.3 is 5.97 Å². The van der Waals surface area contributed by atoms with Crippen molar-refractivity contribution in [2.45, 2.75) is 31.7 Å². The molecule has 1 aliphatic rings. The first-order chi connectivity index (χ1) is 7.65. The highest BCUT2D eigenvalue weighted by Crippen LogP contribution is 2.18. The van der Waals surface area contributed by atoms with Gasteiger partial charge in [0.15, 0.2) is 0 Å². The van der Waals surface area contributed by atoms with Crippen molar-refractivity contribution in [3.05, 3.63) is 0 Å². The molecule has 0 aromatic carbocycles. The quantitative estimate of drug-likeness (QED) is 0.656. The van der Waals surface area contributed by atoms with Crippen LogP contribution in [-0.4, -0.2) is 62.7 Å². The van der Waals surface area contributed by atoms with E-state index in [9.17, 15) is 4.79 Å². The SMILES string of the molecule is COC(=O)[C@H]1CCCCN1CCCN(C)C. The molecule has 0 radical (unpaired) electrons. The van der Waals surface area contributed by atoms with Crippen molar-refractivity contribution in [2.75, 3.05) is 40.8 Å². The van der Waals surface area contributed by atoms with E-state index in [0.717, 1.165) is 38.9 Å². The second-order valence-corrected chi connectivity index (χ2v) is 4.73. The van der Waals surface area contributed by atoms with Gasteiger partial charge in [-0.15, -0.1) is 0 Å². The van der Waals surface area contributed by atoms with E-state index in [1.807, 2.05) is 0 Å². The van der Waals surface area contributed by atoms with Crippen molar-refractivity contribution in [3.63, 3.8) is 0 Å². The highest BCUT2D eigenvalue weighted by molar-refractivity contribution is 5.75. The molecule has 1 atom stereocenters. The van der Waals surface area contributed by atoms with Crippen LogP contribution in [0.3, 0.4) is 0 Å².